The number of aliphatic carboxylic acids is 1. The number of hydrogen-bond acceptors (Lipinski definition) is 5. The van der Waals surface area contributed by atoms with Crippen molar-refractivity contribution in [1.82, 2.24) is 0 Å². The van der Waals surface area contributed by atoms with Gasteiger partial charge in [-0.05, 0) is 19.3 Å². The van der Waals surface area contributed by atoms with Crippen LogP contribution in [0.5, 0.6) is 0 Å². The molecule has 13 heavy (non-hydrogen) atoms. The molecule has 0 unspecified atom stereocenters. The molecule has 0 aromatic heterocycles. The Morgan fingerprint density at radius 3 is 2.31 bits per heavy atom. The molecule has 0 bridgehead atoms. The van der Waals surface area contributed by atoms with E-state index in [0.717, 1.165) is 7.11 Å². The molecular formula is C6H11NaO5S. The van der Waals surface area contributed by atoms with Gasteiger partial charge in [0, 0.05) is 5.97 Å². The zero-order valence-corrected chi connectivity index (χ0v) is 10.6. The van der Waals surface area contributed by atoms with Gasteiger partial charge in [0.05, 0.1) is 12.9 Å². The minimum Gasteiger partial charge on any atom is -0.550 e. The second kappa shape index (κ2) is 7.75. The Morgan fingerprint density at radius 2 is 1.92 bits per heavy atom. The molecule has 0 aliphatic heterocycles. The van der Waals surface area contributed by atoms with Crippen LogP contribution in [0.1, 0.15) is 19.3 Å². The third-order valence-corrected chi connectivity index (χ3v) is 2.58. The normalized spacial score (nSPS) is 10.5. The van der Waals surface area contributed by atoms with E-state index in [1.807, 2.05) is 0 Å². The molecule has 0 rings (SSSR count). The van der Waals surface area contributed by atoms with Crippen molar-refractivity contribution in [2.75, 3.05) is 12.9 Å². The predicted octanol–water partition coefficient (Wildman–Crippen LogP) is -4.11. The van der Waals surface area contributed by atoms with Crippen molar-refractivity contribution in [3.05, 3.63) is 0 Å². The van der Waals surface area contributed by atoms with Crippen LogP contribution in [0.2, 0.25) is 0 Å². The number of carbonyl (C=O) groups excluding carboxylic acids is 1. The first-order valence-electron chi connectivity index (χ1n) is 3.46. The Kier molecular flexibility index (Phi) is 9.44. The van der Waals surface area contributed by atoms with E-state index in [1.165, 1.54) is 0 Å². The van der Waals surface area contributed by atoms with Crippen molar-refractivity contribution in [2.45, 2.75) is 19.3 Å². The van der Waals surface area contributed by atoms with E-state index in [9.17, 15) is 18.3 Å². The van der Waals surface area contributed by atoms with Crippen molar-refractivity contribution < 1.29 is 52.1 Å². The SMILES string of the molecule is COS(=O)(=O)CCCCC(=O)[O-].[Na+]. The summed E-state index contributed by atoms with van der Waals surface area (Å²) >= 11 is 0. The molecule has 7 heteroatoms. The summed E-state index contributed by atoms with van der Waals surface area (Å²) in [4.78, 5) is 9.90. The molecule has 5 nitrogen and oxygen atoms in total. The first-order chi connectivity index (χ1) is 5.48. The fourth-order valence-corrected chi connectivity index (χ4v) is 1.36. The maximum absolute atomic E-state index is 10.7. The maximum Gasteiger partial charge on any atom is 1.00 e. The Balaban J connectivity index is 0. The van der Waals surface area contributed by atoms with E-state index in [0.29, 0.717) is 6.42 Å². The van der Waals surface area contributed by atoms with Gasteiger partial charge in [-0.1, -0.05) is 0 Å². The van der Waals surface area contributed by atoms with E-state index >= 15 is 0 Å². The van der Waals surface area contributed by atoms with Crippen LogP contribution in [0.25, 0.3) is 0 Å². The van der Waals surface area contributed by atoms with Gasteiger partial charge in [0.25, 0.3) is 10.1 Å². The van der Waals surface area contributed by atoms with Crippen LogP contribution in [-0.2, 0) is 19.1 Å². The molecule has 0 aliphatic rings. The molecule has 0 saturated heterocycles. The third-order valence-electron chi connectivity index (χ3n) is 1.28. The number of unbranched alkanes of at least 4 members (excludes halogenated alkanes) is 1. The zero-order chi connectivity index (χ0) is 9.61. The van der Waals surface area contributed by atoms with Crippen molar-refractivity contribution >= 4 is 16.1 Å². The number of carboxylic acids is 1. The standard InChI is InChI=1S/C6H12O5S.Na/c1-11-12(9,10)5-3-2-4-6(7)8;/h2-5H2,1H3,(H,7,8);/q;+1/p-1. The monoisotopic (exact) mass is 218 g/mol. The number of hydrogen-bond donors (Lipinski definition) is 0. The second-order valence-corrected chi connectivity index (χ2v) is 4.11. The largest absolute Gasteiger partial charge is 1.00 e. The molecule has 0 spiro atoms. The van der Waals surface area contributed by atoms with Gasteiger partial charge in [-0.2, -0.15) is 8.42 Å². The van der Waals surface area contributed by atoms with Crippen LogP contribution < -0.4 is 34.7 Å². The van der Waals surface area contributed by atoms with Crippen molar-refractivity contribution in [2.24, 2.45) is 0 Å². The topological polar surface area (TPSA) is 83.5 Å². The van der Waals surface area contributed by atoms with Crippen LogP contribution in [0.4, 0.5) is 0 Å². The summed E-state index contributed by atoms with van der Waals surface area (Å²) in [7, 11) is -2.35. The third kappa shape index (κ3) is 10.3. The van der Waals surface area contributed by atoms with Gasteiger partial charge in [-0.25, -0.2) is 0 Å². The van der Waals surface area contributed by atoms with Crippen molar-refractivity contribution in [1.29, 1.82) is 0 Å². The van der Waals surface area contributed by atoms with Gasteiger partial charge in [-0.3, -0.25) is 4.18 Å². The first-order valence-corrected chi connectivity index (χ1v) is 5.04. The summed E-state index contributed by atoms with van der Waals surface area (Å²) in [5.41, 5.74) is 0. The smallest absolute Gasteiger partial charge is 0.550 e. The van der Waals surface area contributed by atoms with Gasteiger partial charge in [0.2, 0.25) is 0 Å². The molecule has 0 aliphatic carbocycles. The summed E-state index contributed by atoms with van der Waals surface area (Å²) in [6.45, 7) is 0. The van der Waals surface area contributed by atoms with Crippen LogP contribution in [0, 0.1) is 0 Å². The van der Waals surface area contributed by atoms with Crippen LogP contribution in [-0.4, -0.2) is 27.2 Å². The quantitative estimate of drug-likeness (QED) is 0.257. The Morgan fingerprint density at radius 1 is 1.38 bits per heavy atom. The summed E-state index contributed by atoms with van der Waals surface area (Å²) in [5, 5.41) is 9.90. The average Bonchev–Trinajstić information content (AvgIpc) is 1.98. The van der Waals surface area contributed by atoms with Gasteiger partial charge in [0.15, 0.2) is 0 Å². The summed E-state index contributed by atoms with van der Waals surface area (Å²) in [5.74, 6) is -1.30. The minimum atomic E-state index is -3.43. The summed E-state index contributed by atoms with van der Waals surface area (Å²) < 4.78 is 25.5. The zero-order valence-electron chi connectivity index (χ0n) is 7.78. The number of carbonyl (C=O) groups is 1. The molecule has 0 aromatic rings. The molecule has 0 aromatic carbocycles. The maximum atomic E-state index is 10.7. The van der Waals surface area contributed by atoms with E-state index in [-0.39, 0.29) is 48.2 Å². The molecule has 0 atom stereocenters. The molecule has 0 heterocycles. The molecule has 0 saturated carbocycles. The van der Waals surface area contributed by atoms with Crippen molar-refractivity contribution in [3.8, 4) is 0 Å². The predicted molar refractivity (Wildman–Crippen MR) is 39.7 cm³/mol. The minimum absolute atomic E-state index is 0. The van der Waals surface area contributed by atoms with E-state index < -0.39 is 16.1 Å². The fourth-order valence-electron chi connectivity index (χ4n) is 0.632. The van der Waals surface area contributed by atoms with Gasteiger partial charge < -0.3 is 9.90 Å². The van der Waals surface area contributed by atoms with Crippen molar-refractivity contribution in [3.63, 3.8) is 0 Å². The molecule has 0 amide bonds. The molecular weight excluding hydrogens is 207 g/mol. The van der Waals surface area contributed by atoms with Crippen LogP contribution in [0.3, 0.4) is 0 Å². The number of rotatable bonds is 6. The molecule has 0 N–H and O–H groups in total. The summed E-state index contributed by atoms with van der Waals surface area (Å²) in [6.07, 6.45) is 0.467. The second-order valence-electron chi connectivity index (χ2n) is 2.26. The molecule has 0 fully saturated rings. The Hall–Kier alpha value is 0.380. The number of carboxylic acid groups (broad SMARTS) is 1. The summed E-state index contributed by atoms with van der Waals surface area (Å²) in [6, 6.07) is 0. The van der Waals surface area contributed by atoms with Crippen LogP contribution >= 0.6 is 0 Å². The Labute approximate surface area is 99.9 Å². The van der Waals surface area contributed by atoms with E-state index in [2.05, 4.69) is 4.18 Å². The van der Waals surface area contributed by atoms with E-state index in [4.69, 9.17) is 0 Å². The van der Waals surface area contributed by atoms with Gasteiger partial charge in [0.1, 0.15) is 0 Å². The first kappa shape index (κ1) is 15.8. The molecule has 72 valence electrons. The van der Waals surface area contributed by atoms with Crippen LogP contribution in [0.15, 0.2) is 0 Å². The van der Waals surface area contributed by atoms with Gasteiger partial charge in [-0.15, -0.1) is 0 Å². The van der Waals surface area contributed by atoms with E-state index in [1.54, 1.807) is 0 Å². The van der Waals surface area contributed by atoms with Gasteiger partial charge >= 0.3 is 29.6 Å². The average molecular weight is 218 g/mol. The molecule has 0 radical (unpaired) electrons. The fraction of sp³-hybridized carbons (Fsp3) is 0.833. The Bertz CT molecular complexity index is 235.